The summed E-state index contributed by atoms with van der Waals surface area (Å²) < 4.78 is 51.0. The molecular formula is C56H87N2O20P. The van der Waals surface area contributed by atoms with Crippen LogP contribution in [0.5, 0.6) is 0 Å². The van der Waals surface area contributed by atoms with E-state index in [4.69, 9.17) is 28.4 Å². The van der Waals surface area contributed by atoms with Gasteiger partial charge in [-0.1, -0.05) is 71.1 Å². The summed E-state index contributed by atoms with van der Waals surface area (Å²) in [7, 11) is -0.832. The fraction of sp³-hybridized carbons (Fsp3) is 0.732. The van der Waals surface area contributed by atoms with Crippen molar-refractivity contribution in [2.45, 2.75) is 199 Å². The number of hydrogen-bond acceptors (Lipinski definition) is 17. The first-order valence-corrected chi connectivity index (χ1v) is 29.0. The molecule has 22 nitrogen and oxygen atoms in total. The number of aliphatic hydroxyl groups is 2. The van der Waals surface area contributed by atoms with Crippen molar-refractivity contribution in [1.82, 2.24) is 10.2 Å². The molecule has 4 aliphatic rings. The van der Waals surface area contributed by atoms with Gasteiger partial charge in [0.25, 0.3) is 11.7 Å². The molecule has 2 saturated heterocycles. The lowest BCUT2D eigenvalue weighted by Crippen LogP contribution is -2.61. The van der Waals surface area contributed by atoms with Crippen molar-refractivity contribution in [2.24, 2.45) is 35.5 Å². The molecule has 6 N–H and O–H groups in total. The third-order valence-corrected chi connectivity index (χ3v) is 16.6. The van der Waals surface area contributed by atoms with E-state index in [1.807, 2.05) is 44.2 Å². The van der Waals surface area contributed by atoms with Gasteiger partial charge in [-0.15, -0.1) is 0 Å². The van der Waals surface area contributed by atoms with Gasteiger partial charge in [0.05, 0.1) is 24.4 Å². The Labute approximate surface area is 464 Å². The van der Waals surface area contributed by atoms with Crippen LogP contribution in [0.25, 0.3) is 0 Å². The van der Waals surface area contributed by atoms with E-state index in [-0.39, 0.29) is 55.6 Å². The number of aliphatic carboxylic acids is 1. The molecule has 2 amide bonds. The largest absolute Gasteiger partial charge is 0.480 e. The Morgan fingerprint density at radius 1 is 0.873 bits per heavy atom. The third-order valence-electron chi connectivity index (χ3n) is 16.0. The molecule has 79 heavy (non-hydrogen) atoms. The maximum atomic E-state index is 14.6. The number of phosphoric ester groups is 1. The number of rotatable bonds is 12. The number of carboxylic acid groups (broad SMARTS) is 1. The quantitative estimate of drug-likeness (QED) is 0.0576. The van der Waals surface area contributed by atoms with Crippen LogP contribution in [-0.2, 0) is 66.3 Å². The van der Waals surface area contributed by atoms with Gasteiger partial charge in [0.1, 0.15) is 36.2 Å². The summed E-state index contributed by atoms with van der Waals surface area (Å²) in [5.74, 6) is -10.9. The zero-order valence-electron chi connectivity index (χ0n) is 47.6. The molecule has 11 unspecified atom stereocenters. The Balaban J connectivity index is 1.66. The van der Waals surface area contributed by atoms with Crippen LogP contribution >= 0.6 is 7.82 Å². The monoisotopic (exact) mass is 1140 g/mol. The van der Waals surface area contributed by atoms with Crippen LogP contribution in [0.4, 0.5) is 4.79 Å². The molecule has 446 valence electrons. The first kappa shape index (κ1) is 67.0. The number of allylic oxidation sites excluding steroid dienone is 6. The molecule has 3 heterocycles. The summed E-state index contributed by atoms with van der Waals surface area (Å²) in [6, 6.07) is -3.14. The predicted molar refractivity (Wildman–Crippen MR) is 287 cm³/mol. The van der Waals surface area contributed by atoms with Crippen LogP contribution in [0, 0.1) is 35.5 Å². The highest BCUT2D eigenvalue weighted by molar-refractivity contribution is 7.46. The lowest BCUT2D eigenvalue weighted by atomic mass is 9.78. The number of methoxy groups -OCH3 is 3. The van der Waals surface area contributed by atoms with Crippen LogP contribution in [0.2, 0.25) is 0 Å². The fourth-order valence-electron chi connectivity index (χ4n) is 11.2. The van der Waals surface area contributed by atoms with E-state index < -0.39 is 128 Å². The number of piperidine rings is 1. The molecule has 0 radical (unpaired) electrons. The third kappa shape index (κ3) is 19.0. The second-order valence-electron chi connectivity index (χ2n) is 22.2. The molecule has 0 aromatic carbocycles. The maximum Gasteiger partial charge on any atom is 0.469 e. The minimum Gasteiger partial charge on any atom is -0.480 e. The van der Waals surface area contributed by atoms with Crippen molar-refractivity contribution >= 4 is 49.1 Å². The molecular weight excluding hydrogens is 1050 g/mol. The molecule has 17 atom stereocenters. The molecule has 0 aromatic rings. The molecule has 4 rings (SSSR count). The Morgan fingerprint density at radius 2 is 1.57 bits per heavy atom. The van der Waals surface area contributed by atoms with Crippen molar-refractivity contribution in [2.75, 3.05) is 27.9 Å². The van der Waals surface area contributed by atoms with E-state index in [0.717, 1.165) is 17.4 Å². The average molecular weight is 1140 g/mol. The standard InChI is InChI=1S/C56H87N2O20P/c1-31-17-13-12-14-18-32(2)44(72-9)29-40-22-20-37(7)56(68,77-40)51(62)52(63)58-24-16-15-19-41(58)54(66)75-45(30-42(59)33(3)26-36(6)49(61)50(74-11)48(60)35(5)25-31)34(4)27-39-21-23-43(46(28-39)73-10)76-55(67)57-47(53(64)65)38(8)78-79(69,70)71/h12-14,17-18,26,31,33-35,37-41,43-47,49-50,61,68H,15-16,19-25,27-30H2,1-11H3,(H,57,67)(H,64,65)(H2,69,70,71)/b14-12+,17-13+,32-18+,36-26+/t31?,33?,34?,35-,37-,38?,39?,40?,41+,43-,44?,45?,46?,47?,49-,50?,56-/m1/s1. The summed E-state index contributed by atoms with van der Waals surface area (Å²) in [4.78, 5) is 116. The molecule has 3 aliphatic heterocycles. The number of hydrogen-bond donors (Lipinski definition) is 6. The smallest absolute Gasteiger partial charge is 0.469 e. The van der Waals surface area contributed by atoms with Crippen LogP contribution in [0.15, 0.2) is 47.6 Å². The van der Waals surface area contributed by atoms with Gasteiger partial charge in [0, 0.05) is 58.5 Å². The Hall–Kier alpha value is -4.48. The molecule has 3 fully saturated rings. The number of fused-ring (bicyclic) bond motifs is 3. The number of aliphatic hydroxyl groups excluding tert-OH is 1. The number of cyclic esters (lactones) is 1. The zero-order chi connectivity index (χ0) is 59.1. The minimum absolute atomic E-state index is 0.000819. The number of nitrogens with one attached hydrogen (secondary N) is 1. The molecule has 23 heteroatoms. The average Bonchev–Trinajstić information content (AvgIpc) is 3.43. The minimum atomic E-state index is -5.11. The zero-order valence-corrected chi connectivity index (χ0v) is 48.5. The van der Waals surface area contributed by atoms with Crippen molar-refractivity contribution in [3.63, 3.8) is 0 Å². The number of alkyl carbamates (subject to hydrolysis) is 1. The lowest BCUT2D eigenvalue weighted by Gasteiger charge is -2.42. The number of carbonyl (C=O) groups excluding carboxylic acids is 6. The second kappa shape index (κ2) is 30.5. The van der Waals surface area contributed by atoms with Gasteiger partial charge in [-0.2, -0.15) is 0 Å². The Morgan fingerprint density at radius 3 is 2.20 bits per heavy atom. The molecule has 2 bridgehead atoms. The van der Waals surface area contributed by atoms with Gasteiger partial charge >= 0.3 is 25.9 Å². The van der Waals surface area contributed by atoms with Gasteiger partial charge in [0.2, 0.25) is 5.79 Å². The Bertz CT molecular complexity index is 2300. The van der Waals surface area contributed by atoms with Gasteiger partial charge in [0.15, 0.2) is 11.8 Å². The van der Waals surface area contributed by atoms with Crippen LogP contribution < -0.4 is 5.32 Å². The first-order valence-electron chi connectivity index (χ1n) is 27.5. The second-order valence-corrected chi connectivity index (χ2v) is 23.4. The SMILES string of the molecule is COC1CC2CC[C@@H](C)[C@@](O)(O2)C(=O)C(=O)N2CCCC[C@H]2C(=O)OC(C(C)CC2CC[C@@H](OC(=O)NC(C(=O)O)C(C)OP(=O)(O)O)C(OC)C2)CC(=O)C(C)/C=C(\C)[C@@H](O)C(OC)C(=O)[C@H](C)CC(C)/C=C/C=C/C=C/1C. The summed E-state index contributed by atoms with van der Waals surface area (Å²) in [6.07, 6.45) is 5.25. The highest BCUT2D eigenvalue weighted by atomic mass is 31.2. The number of phosphoric acid groups is 1. The first-order chi connectivity index (χ1) is 37.0. The van der Waals surface area contributed by atoms with E-state index in [1.54, 1.807) is 47.8 Å². The molecule has 1 aliphatic carbocycles. The number of carboxylic acids is 1. The topological polar surface area (TPSA) is 318 Å². The van der Waals surface area contributed by atoms with Crippen molar-refractivity contribution in [3.05, 3.63) is 47.6 Å². The van der Waals surface area contributed by atoms with E-state index in [1.165, 1.54) is 14.2 Å². The van der Waals surface area contributed by atoms with Crippen LogP contribution in [0.1, 0.15) is 132 Å². The highest BCUT2D eigenvalue weighted by Gasteiger charge is 2.53. The lowest BCUT2D eigenvalue weighted by molar-refractivity contribution is -0.265. The van der Waals surface area contributed by atoms with Crippen LogP contribution in [0.3, 0.4) is 0 Å². The van der Waals surface area contributed by atoms with Gasteiger partial charge in [-0.25, -0.2) is 18.9 Å². The van der Waals surface area contributed by atoms with Crippen molar-refractivity contribution in [1.29, 1.82) is 0 Å². The number of ether oxygens (including phenoxy) is 6. The number of esters is 1. The number of nitrogens with zero attached hydrogens (tertiary/aromatic N) is 1. The fourth-order valence-corrected chi connectivity index (χ4v) is 11.7. The Kier molecular flexibility index (Phi) is 25.9. The van der Waals surface area contributed by atoms with Gasteiger partial charge in [-0.05, 0) is 114 Å². The molecule has 0 spiro atoms. The van der Waals surface area contributed by atoms with Gasteiger partial charge < -0.3 is 63.7 Å². The summed E-state index contributed by atoms with van der Waals surface area (Å²) >= 11 is 0. The van der Waals surface area contributed by atoms with E-state index in [9.17, 15) is 63.2 Å². The summed E-state index contributed by atoms with van der Waals surface area (Å²) in [6.45, 7) is 13.3. The van der Waals surface area contributed by atoms with Gasteiger partial charge in [-0.3, -0.25) is 23.7 Å². The van der Waals surface area contributed by atoms with Crippen molar-refractivity contribution in [3.8, 4) is 0 Å². The number of ketones is 3. The normalized spacial score (nSPS) is 36.2. The maximum absolute atomic E-state index is 14.6. The number of carbonyl (C=O) groups is 7. The summed E-state index contributed by atoms with van der Waals surface area (Å²) in [5.41, 5.74) is 1.14. The van der Waals surface area contributed by atoms with Crippen molar-refractivity contribution < 1.29 is 96.2 Å². The number of amides is 2. The van der Waals surface area contributed by atoms with E-state index in [0.29, 0.717) is 56.9 Å². The van der Waals surface area contributed by atoms with E-state index >= 15 is 0 Å². The molecule has 0 aromatic heterocycles. The van der Waals surface area contributed by atoms with Crippen LogP contribution in [-0.4, -0.2) is 166 Å². The highest BCUT2D eigenvalue weighted by Crippen LogP contribution is 2.40. The molecule has 1 saturated carbocycles. The summed E-state index contributed by atoms with van der Waals surface area (Å²) in [5, 5.41) is 35.3. The van der Waals surface area contributed by atoms with E-state index in [2.05, 4.69) is 9.84 Å². The number of Topliss-reactive ketones (excluding diaryl/α,β-unsaturated/α-hetero) is 3. The predicted octanol–water partition coefficient (Wildman–Crippen LogP) is 5.87.